The first-order valence-corrected chi connectivity index (χ1v) is 17.8. The summed E-state index contributed by atoms with van der Waals surface area (Å²) in [5.41, 5.74) is 5.32. The lowest BCUT2D eigenvalue weighted by atomic mass is 9.76. The van der Waals surface area contributed by atoms with Gasteiger partial charge in [0.15, 0.2) is 0 Å². The highest BCUT2D eigenvalue weighted by Crippen LogP contribution is 2.29. The zero-order valence-corrected chi connectivity index (χ0v) is 32.5. The van der Waals surface area contributed by atoms with Gasteiger partial charge in [-0.1, -0.05) is 84.9 Å². The van der Waals surface area contributed by atoms with E-state index in [0.717, 1.165) is 5.56 Å². The van der Waals surface area contributed by atoms with Gasteiger partial charge in [0.1, 0.15) is 18.1 Å². The average molecular weight is 731 g/mol. The van der Waals surface area contributed by atoms with E-state index < -0.39 is 64.8 Å². The van der Waals surface area contributed by atoms with Crippen LogP contribution in [-0.4, -0.2) is 102 Å². The first-order chi connectivity index (χ1) is 24.1. The van der Waals surface area contributed by atoms with Gasteiger partial charge in [-0.25, -0.2) is 4.79 Å². The summed E-state index contributed by atoms with van der Waals surface area (Å²) in [5.74, 6) is -4.30. The van der Waals surface area contributed by atoms with Crippen LogP contribution in [0, 0.1) is 11.3 Å². The fourth-order valence-corrected chi connectivity index (χ4v) is 5.90. The predicted molar refractivity (Wildman–Crippen MR) is 200 cm³/mol. The third-order valence-electron chi connectivity index (χ3n) is 9.29. The van der Waals surface area contributed by atoms with E-state index in [2.05, 4.69) is 21.3 Å². The Bertz CT molecular complexity index is 1410. The van der Waals surface area contributed by atoms with Gasteiger partial charge in [0, 0.05) is 31.0 Å². The SMILES string of the molecule is CN[C@H](C(=O)NC(C(=O)N(C)[C@H](/C=C(\C)C(=O)N[C@H](CCC(=O)NCCCC[C@H](N)C(=O)O)C(=O)O)C(C)C)C(C)(C)C)C(C)(C)c1ccccc1. The third kappa shape index (κ3) is 14.0. The number of carbonyl (C=O) groups is 6. The van der Waals surface area contributed by atoms with Crippen LogP contribution in [0.15, 0.2) is 42.0 Å². The summed E-state index contributed by atoms with van der Waals surface area (Å²) in [6, 6.07) is 5.19. The van der Waals surface area contributed by atoms with Crippen molar-refractivity contribution in [2.45, 2.75) is 123 Å². The van der Waals surface area contributed by atoms with Crippen molar-refractivity contribution in [3.8, 4) is 0 Å². The second kappa shape index (κ2) is 20.7. The molecule has 1 aromatic carbocycles. The molecule has 14 heteroatoms. The molecule has 0 aromatic heterocycles. The molecule has 0 aliphatic heterocycles. The lowest BCUT2D eigenvalue weighted by Crippen LogP contribution is -2.61. The molecular weight excluding hydrogens is 668 g/mol. The lowest BCUT2D eigenvalue weighted by Gasteiger charge is -2.40. The van der Waals surface area contributed by atoms with Crippen LogP contribution in [0.2, 0.25) is 0 Å². The van der Waals surface area contributed by atoms with E-state index in [9.17, 15) is 33.9 Å². The Labute approximate surface area is 308 Å². The molecule has 0 aliphatic rings. The molecule has 0 saturated heterocycles. The maximum atomic E-state index is 14.2. The summed E-state index contributed by atoms with van der Waals surface area (Å²) in [7, 11) is 3.32. The number of amides is 4. The minimum absolute atomic E-state index is 0.155. The number of unbranched alkanes of at least 4 members (excludes halogenated alkanes) is 1. The number of nitrogens with two attached hydrogens (primary N) is 1. The largest absolute Gasteiger partial charge is 0.480 e. The van der Waals surface area contributed by atoms with Crippen molar-refractivity contribution in [3.05, 3.63) is 47.5 Å². The number of rotatable bonds is 21. The second-order valence-electron chi connectivity index (χ2n) is 15.3. The van der Waals surface area contributed by atoms with Crippen molar-refractivity contribution in [3.63, 3.8) is 0 Å². The lowest BCUT2D eigenvalue weighted by molar-refractivity contribution is -0.141. The Morgan fingerprint density at radius 2 is 1.48 bits per heavy atom. The minimum atomic E-state index is -1.34. The highest BCUT2D eigenvalue weighted by molar-refractivity contribution is 5.96. The van der Waals surface area contributed by atoms with E-state index in [1.54, 1.807) is 20.2 Å². The van der Waals surface area contributed by atoms with Crippen molar-refractivity contribution >= 4 is 35.6 Å². The normalized spacial score (nSPS) is 15.1. The van der Waals surface area contributed by atoms with E-state index in [-0.39, 0.29) is 49.1 Å². The molecule has 1 aromatic rings. The monoisotopic (exact) mass is 730 g/mol. The number of carboxylic acid groups (broad SMARTS) is 2. The molecule has 4 amide bonds. The summed E-state index contributed by atoms with van der Waals surface area (Å²) < 4.78 is 0. The first-order valence-electron chi connectivity index (χ1n) is 17.8. The van der Waals surface area contributed by atoms with Crippen LogP contribution in [0.5, 0.6) is 0 Å². The molecule has 0 spiro atoms. The molecule has 52 heavy (non-hydrogen) atoms. The average Bonchev–Trinajstić information content (AvgIpc) is 3.06. The van der Waals surface area contributed by atoms with Crippen LogP contribution in [-0.2, 0) is 34.2 Å². The number of hydrogen-bond acceptors (Lipinski definition) is 8. The zero-order valence-electron chi connectivity index (χ0n) is 32.5. The maximum absolute atomic E-state index is 14.2. The third-order valence-corrected chi connectivity index (χ3v) is 9.29. The summed E-state index contributed by atoms with van der Waals surface area (Å²) in [6.07, 6.45) is 2.58. The van der Waals surface area contributed by atoms with E-state index >= 15 is 0 Å². The van der Waals surface area contributed by atoms with Crippen molar-refractivity contribution in [1.29, 1.82) is 0 Å². The van der Waals surface area contributed by atoms with Crippen molar-refractivity contribution in [2.75, 3.05) is 20.6 Å². The second-order valence-corrected chi connectivity index (χ2v) is 15.3. The van der Waals surface area contributed by atoms with E-state index in [1.807, 2.05) is 78.8 Å². The number of likely N-dealkylation sites (N-methyl/N-ethyl adjacent to an activating group) is 2. The molecular formula is C38H62N6O8. The quantitative estimate of drug-likeness (QED) is 0.0724. The van der Waals surface area contributed by atoms with Crippen molar-refractivity contribution < 1.29 is 39.0 Å². The molecule has 1 unspecified atom stereocenters. The number of nitrogens with zero attached hydrogens (tertiary/aromatic N) is 1. The molecule has 0 aliphatic carbocycles. The topological polar surface area (TPSA) is 220 Å². The Morgan fingerprint density at radius 1 is 0.885 bits per heavy atom. The van der Waals surface area contributed by atoms with Crippen LogP contribution in [0.25, 0.3) is 0 Å². The van der Waals surface area contributed by atoms with Gasteiger partial charge in [-0.3, -0.25) is 24.0 Å². The summed E-state index contributed by atoms with van der Waals surface area (Å²) in [6.45, 7) is 15.1. The Balaban J connectivity index is 3.04. The van der Waals surface area contributed by atoms with Gasteiger partial charge in [0.05, 0.1) is 12.1 Å². The molecule has 1 rings (SSSR count). The van der Waals surface area contributed by atoms with Crippen LogP contribution < -0.4 is 27.0 Å². The molecule has 8 N–H and O–H groups in total. The van der Waals surface area contributed by atoms with Gasteiger partial charge in [0.25, 0.3) is 0 Å². The van der Waals surface area contributed by atoms with E-state index in [0.29, 0.717) is 12.8 Å². The van der Waals surface area contributed by atoms with Crippen LogP contribution in [0.4, 0.5) is 0 Å². The van der Waals surface area contributed by atoms with Gasteiger partial charge in [-0.2, -0.15) is 0 Å². The molecule has 0 bridgehead atoms. The van der Waals surface area contributed by atoms with Gasteiger partial charge < -0.3 is 42.1 Å². The highest BCUT2D eigenvalue weighted by Gasteiger charge is 2.41. The van der Waals surface area contributed by atoms with E-state index in [1.165, 1.54) is 11.8 Å². The molecule has 292 valence electrons. The standard InChI is InChI=1S/C38H62N6O8/c1-23(2)28(22-24(3)32(46)42-27(36(51)52)19-20-29(45)41-21-15-14-18-26(39)35(49)50)44(10)34(48)31(37(4,5)6)43-33(47)30(40-9)38(7,8)25-16-12-11-13-17-25/h11-13,16-17,22-23,26-28,30-31,40H,14-15,18-21,39H2,1-10H3,(H,41,45)(H,42,46)(H,43,47)(H,49,50)(H,51,52)/b24-22+/t26-,27+,28+,30+,31?/m0/s1. The number of benzene rings is 1. The van der Waals surface area contributed by atoms with Gasteiger partial charge in [0.2, 0.25) is 23.6 Å². The molecule has 0 fully saturated rings. The smallest absolute Gasteiger partial charge is 0.326 e. The van der Waals surface area contributed by atoms with Crippen molar-refractivity contribution in [1.82, 2.24) is 26.2 Å². The predicted octanol–water partition coefficient (Wildman–Crippen LogP) is 2.56. The Kier molecular flexibility index (Phi) is 18.2. The maximum Gasteiger partial charge on any atom is 0.326 e. The number of aliphatic carboxylic acids is 2. The van der Waals surface area contributed by atoms with Gasteiger partial charge in [-0.05, 0) is 56.6 Å². The molecule has 0 radical (unpaired) electrons. The first kappa shape index (κ1) is 45.7. The van der Waals surface area contributed by atoms with Crippen LogP contribution in [0.1, 0.15) is 93.1 Å². The Hall–Kier alpha value is -4.30. The Morgan fingerprint density at radius 3 is 1.98 bits per heavy atom. The molecule has 0 heterocycles. The number of nitrogens with one attached hydrogen (secondary N) is 4. The fourth-order valence-electron chi connectivity index (χ4n) is 5.90. The van der Waals surface area contributed by atoms with Gasteiger partial charge >= 0.3 is 11.9 Å². The molecule has 0 saturated carbocycles. The van der Waals surface area contributed by atoms with Crippen LogP contribution in [0.3, 0.4) is 0 Å². The zero-order chi connectivity index (χ0) is 40.0. The van der Waals surface area contributed by atoms with Gasteiger partial charge in [-0.15, -0.1) is 0 Å². The van der Waals surface area contributed by atoms with E-state index in [4.69, 9.17) is 10.8 Å². The minimum Gasteiger partial charge on any atom is -0.480 e. The fraction of sp³-hybridized carbons (Fsp3) is 0.632. The molecule has 5 atom stereocenters. The molecule has 14 nitrogen and oxygen atoms in total. The summed E-state index contributed by atoms with van der Waals surface area (Å²) >= 11 is 0. The highest BCUT2D eigenvalue weighted by atomic mass is 16.4. The number of hydrogen-bond donors (Lipinski definition) is 7. The summed E-state index contributed by atoms with van der Waals surface area (Å²) in [4.78, 5) is 77.7. The number of carbonyl (C=O) groups excluding carboxylic acids is 4. The van der Waals surface area contributed by atoms with Crippen molar-refractivity contribution in [2.24, 2.45) is 17.1 Å². The number of carboxylic acids is 2. The van der Waals surface area contributed by atoms with Crippen LogP contribution >= 0.6 is 0 Å². The summed E-state index contributed by atoms with van der Waals surface area (Å²) in [5, 5.41) is 29.9.